The number of aromatic nitrogens is 1. The van der Waals surface area contributed by atoms with Gasteiger partial charge in [-0.3, -0.25) is 14.4 Å². The van der Waals surface area contributed by atoms with Crippen molar-refractivity contribution in [2.75, 3.05) is 0 Å². The molecular formula is C26H29F2N4O3. The number of rotatable bonds is 12. The summed E-state index contributed by atoms with van der Waals surface area (Å²) in [6.07, 6.45) is 5.19. The highest BCUT2D eigenvalue weighted by Crippen LogP contribution is 2.19. The van der Waals surface area contributed by atoms with Crippen LogP contribution in [0.25, 0.3) is 10.9 Å². The van der Waals surface area contributed by atoms with Gasteiger partial charge in [-0.25, -0.2) is 8.78 Å². The molecule has 2 aromatic carbocycles. The third-order valence-electron chi connectivity index (χ3n) is 5.82. The number of carbonyl (C=O) groups is 2. The normalized spacial score (nSPS) is 13.7. The number of carbonyl (C=O) groups excluding carboxylic acids is 3. The van der Waals surface area contributed by atoms with Crippen LogP contribution in [0.4, 0.5) is 8.78 Å². The average molecular weight is 484 g/mol. The van der Waals surface area contributed by atoms with E-state index in [4.69, 9.17) is 5.73 Å². The Morgan fingerprint density at radius 1 is 1.06 bits per heavy atom. The molecule has 0 aliphatic rings. The molecule has 9 heteroatoms. The molecule has 0 saturated carbocycles. The zero-order valence-corrected chi connectivity index (χ0v) is 19.4. The van der Waals surface area contributed by atoms with Crippen LogP contribution in [0, 0.1) is 11.6 Å². The summed E-state index contributed by atoms with van der Waals surface area (Å²) in [5.41, 5.74) is 7.89. The summed E-state index contributed by atoms with van der Waals surface area (Å²) in [6.45, 7) is 1.94. The summed E-state index contributed by atoms with van der Waals surface area (Å²) in [4.78, 5) is 40.3. The van der Waals surface area contributed by atoms with Gasteiger partial charge in [-0.15, -0.1) is 0 Å². The number of H-pyrrole nitrogens is 1. The Balaban J connectivity index is 1.65. The van der Waals surface area contributed by atoms with E-state index in [2.05, 4.69) is 15.6 Å². The Bertz CT molecular complexity index is 1180. The molecule has 3 atom stereocenters. The van der Waals surface area contributed by atoms with E-state index in [1.54, 1.807) is 12.5 Å². The number of amides is 2. The van der Waals surface area contributed by atoms with Crippen molar-refractivity contribution in [2.45, 2.75) is 57.2 Å². The van der Waals surface area contributed by atoms with Crippen molar-refractivity contribution in [2.24, 2.45) is 5.73 Å². The highest BCUT2D eigenvalue weighted by molar-refractivity contribution is 5.91. The molecule has 0 fully saturated rings. The highest BCUT2D eigenvalue weighted by atomic mass is 19.1. The minimum atomic E-state index is -1.21. The van der Waals surface area contributed by atoms with Crippen molar-refractivity contribution in [1.29, 1.82) is 0 Å². The van der Waals surface area contributed by atoms with Crippen LogP contribution < -0.4 is 16.4 Å². The van der Waals surface area contributed by atoms with Gasteiger partial charge in [0.2, 0.25) is 18.1 Å². The fraction of sp³-hybridized carbons (Fsp3) is 0.346. The summed E-state index contributed by atoms with van der Waals surface area (Å²) >= 11 is 0. The predicted octanol–water partition coefficient (Wildman–Crippen LogP) is 2.83. The van der Waals surface area contributed by atoms with Gasteiger partial charge in [-0.1, -0.05) is 38.0 Å². The Kier molecular flexibility index (Phi) is 9.08. The van der Waals surface area contributed by atoms with E-state index in [9.17, 15) is 23.2 Å². The van der Waals surface area contributed by atoms with E-state index in [0.29, 0.717) is 12.8 Å². The molecular weight excluding hydrogens is 454 g/mol. The van der Waals surface area contributed by atoms with Crippen LogP contribution in [-0.4, -0.2) is 41.2 Å². The maximum Gasteiger partial charge on any atom is 0.243 e. The van der Waals surface area contributed by atoms with Crippen LogP contribution in [-0.2, 0) is 27.2 Å². The molecule has 1 radical (unpaired) electrons. The largest absolute Gasteiger partial charge is 0.361 e. The number of nitrogens with two attached hydrogens (primary N) is 1. The van der Waals surface area contributed by atoms with E-state index in [0.717, 1.165) is 41.1 Å². The average Bonchev–Trinajstić information content (AvgIpc) is 3.25. The second-order valence-corrected chi connectivity index (χ2v) is 8.49. The number of para-hydroxylation sites is 1. The molecule has 7 nitrogen and oxygen atoms in total. The van der Waals surface area contributed by atoms with Gasteiger partial charge in [-0.05, 0) is 48.2 Å². The Morgan fingerprint density at radius 2 is 1.83 bits per heavy atom. The third kappa shape index (κ3) is 6.95. The second-order valence-electron chi connectivity index (χ2n) is 8.49. The molecule has 0 spiro atoms. The lowest BCUT2D eigenvalue weighted by molar-refractivity contribution is -0.130. The zero-order chi connectivity index (χ0) is 25.4. The van der Waals surface area contributed by atoms with Crippen LogP contribution in [0.2, 0.25) is 0 Å². The molecule has 2 amide bonds. The molecule has 0 aliphatic heterocycles. The van der Waals surface area contributed by atoms with E-state index >= 15 is 0 Å². The first kappa shape index (κ1) is 26.0. The molecule has 3 aromatic rings. The predicted molar refractivity (Wildman–Crippen MR) is 129 cm³/mol. The smallest absolute Gasteiger partial charge is 0.243 e. The van der Waals surface area contributed by atoms with Crippen molar-refractivity contribution < 1.29 is 23.2 Å². The number of hydrogen-bond donors (Lipinski definition) is 4. The molecule has 185 valence electrons. The summed E-state index contributed by atoms with van der Waals surface area (Å²) < 4.78 is 27.4. The lowest BCUT2D eigenvalue weighted by Crippen LogP contribution is -2.54. The SMILES string of the molecule is CCCC[C@H](NC(=O)[C@@H](N)Cc1c[nH]c2ccccc12)C(=O)N[C@H]([C]=O)Cc1cc(F)ccc1F. The van der Waals surface area contributed by atoms with Gasteiger partial charge in [0.1, 0.15) is 17.7 Å². The van der Waals surface area contributed by atoms with Crippen molar-refractivity contribution >= 4 is 29.0 Å². The summed E-state index contributed by atoms with van der Waals surface area (Å²) in [5, 5.41) is 6.11. The van der Waals surface area contributed by atoms with Crippen molar-refractivity contribution in [1.82, 2.24) is 15.6 Å². The first-order valence-electron chi connectivity index (χ1n) is 11.5. The van der Waals surface area contributed by atoms with Gasteiger partial charge in [0, 0.05) is 23.5 Å². The lowest BCUT2D eigenvalue weighted by atomic mass is 10.0. The van der Waals surface area contributed by atoms with Crippen LogP contribution >= 0.6 is 0 Å². The molecule has 5 N–H and O–H groups in total. The number of unbranched alkanes of at least 4 members (excludes halogenated alkanes) is 1. The molecule has 1 heterocycles. The molecule has 3 rings (SSSR count). The second kappa shape index (κ2) is 12.2. The van der Waals surface area contributed by atoms with Gasteiger partial charge in [-0.2, -0.15) is 0 Å². The number of halogens is 2. The monoisotopic (exact) mass is 483 g/mol. The summed E-state index contributed by atoms with van der Waals surface area (Å²) in [6, 6.07) is 7.48. The van der Waals surface area contributed by atoms with E-state index in [1.807, 2.05) is 31.2 Å². The van der Waals surface area contributed by atoms with E-state index < -0.39 is 41.6 Å². The standard InChI is InChI=1S/C26H29F2N4O3/c1-2-3-7-24(26(35)31-19(15-33)12-16-11-18(27)9-10-21(16)28)32-25(34)22(29)13-17-14-30-23-8-5-4-6-20(17)23/h4-6,8-11,14,19,22,24,30H,2-3,7,12-13,29H2,1H3,(H,31,35)(H,32,34)/t19-,22-,24-/m0/s1. The molecule has 0 saturated heterocycles. The topological polar surface area (TPSA) is 117 Å². The molecule has 0 bridgehead atoms. The summed E-state index contributed by atoms with van der Waals surface area (Å²) in [5.74, 6) is -2.47. The minimum absolute atomic E-state index is 0.0615. The van der Waals surface area contributed by atoms with Crippen molar-refractivity contribution in [3.63, 3.8) is 0 Å². The minimum Gasteiger partial charge on any atom is -0.361 e. The Hall–Kier alpha value is -3.59. The van der Waals surface area contributed by atoms with Gasteiger partial charge in [0.15, 0.2) is 0 Å². The lowest BCUT2D eigenvalue weighted by Gasteiger charge is -2.22. The van der Waals surface area contributed by atoms with E-state index in [-0.39, 0.29) is 18.4 Å². The highest BCUT2D eigenvalue weighted by Gasteiger charge is 2.26. The molecule has 1 aromatic heterocycles. The number of benzene rings is 2. The number of aromatic amines is 1. The van der Waals surface area contributed by atoms with E-state index in [1.165, 1.54) is 0 Å². The fourth-order valence-electron chi connectivity index (χ4n) is 3.90. The first-order chi connectivity index (χ1) is 16.8. The van der Waals surface area contributed by atoms with Gasteiger partial charge >= 0.3 is 0 Å². The van der Waals surface area contributed by atoms with Crippen LogP contribution in [0.5, 0.6) is 0 Å². The van der Waals surface area contributed by atoms with Gasteiger partial charge < -0.3 is 21.4 Å². The van der Waals surface area contributed by atoms with Crippen molar-refractivity contribution in [3.8, 4) is 0 Å². The maximum absolute atomic E-state index is 14.0. The van der Waals surface area contributed by atoms with Crippen molar-refractivity contribution in [3.05, 3.63) is 71.4 Å². The van der Waals surface area contributed by atoms with Gasteiger partial charge in [0.25, 0.3) is 0 Å². The van der Waals surface area contributed by atoms with Crippen LogP contribution in [0.15, 0.2) is 48.7 Å². The molecule has 0 aliphatic carbocycles. The first-order valence-corrected chi connectivity index (χ1v) is 11.5. The van der Waals surface area contributed by atoms with Gasteiger partial charge in [0.05, 0.1) is 12.1 Å². The maximum atomic E-state index is 14.0. The Morgan fingerprint density at radius 3 is 2.57 bits per heavy atom. The molecule has 35 heavy (non-hydrogen) atoms. The van der Waals surface area contributed by atoms with Crippen LogP contribution in [0.1, 0.15) is 37.3 Å². The number of fused-ring (bicyclic) bond motifs is 1. The molecule has 0 unspecified atom stereocenters. The number of nitrogens with one attached hydrogen (secondary N) is 3. The summed E-state index contributed by atoms with van der Waals surface area (Å²) in [7, 11) is 0. The fourth-order valence-corrected chi connectivity index (χ4v) is 3.90. The third-order valence-corrected chi connectivity index (χ3v) is 5.82. The zero-order valence-electron chi connectivity index (χ0n) is 19.4. The quantitative estimate of drug-likeness (QED) is 0.317. The van der Waals surface area contributed by atoms with Crippen LogP contribution in [0.3, 0.4) is 0 Å². The number of hydrogen-bond acceptors (Lipinski definition) is 4. The Labute approximate surface area is 202 Å².